The number of nitrogens with zero attached hydrogens (tertiary/aromatic N) is 1. The monoisotopic (exact) mass is 488 g/mol. The van der Waals surface area contributed by atoms with Crippen LogP contribution in [-0.4, -0.2) is 23.0 Å². The fourth-order valence-corrected chi connectivity index (χ4v) is 3.34. The molecule has 0 spiro atoms. The molecule has 4 aromatic rings. The van der Waals surface area contributed by atoms with E-state index in [1.807, 2.05) is 18.2 Å². The first kappa shape index (κ1) is 24.1. The van der Waals surface area contributed by atoms with Gasteiger partial charge >= 0.3 is 12.1 Å². The quantitative estimate of drug-likeness (QED) is 0.173. The first-order chi connectivity index (χ1) is 17.3. The molecular formula is C26H20N2O8. The molecule has 1 heterocycles. The van der Waals surface area contributed by atoms with Gasteiger partial charge in [0, 0.05) is 18.2 Å². The van der Waals surface area contributed by atoms with Gasteiger partial charge in [-0.15, -0.1) is 0 Å². The number of esters is 1. The molecule has 0 aliphatic carbocycles. The van der Waals surface area contributed by atoms with Crippen LogP contribution in [0.1, 0.15) is 12.5 Å². The molecule has 3 aromatic carbocycles. The third-order valence-corrected chi connectivity index (χ3v) is 5.25. The van der Waals surface area contributed by atoms with Gasteiger partial charge in [-0.2, -0.15) is 0 Å². The summed E-state index contributed by atoms with van der Waals surface area (Å²) in [7, 11) is 0. The van der Waals surface area contributed by atoms with Gasteiger partial charge in [0.15, 0.2) is 5.43 Å². The summed E-state index contributed by atoms with van der Waals surface area (Å²) in [6.07, 6.45) is 0.469. The number of fused-ring (bicyclic) bond motifs is 1. The van der Waals surface area contributed by atoms with E-state index in [2.05, 4.69) is 5.32 Å². The number of alkyl carbamates (subject to hydrolysis) is 1. The van der Waals surface area contributed by atoms with Crippen LogP contribution in [0, 0.1) is 10.1 Å². The van der Waals surface area contributed by atoms with Crippen molar-refractivity contribution in [2.75, 3.05) is 0 Å². The number of rotatable bonds is 7. The average molecular weight is 488 g/mol. The minimum atomic E-state index is -1.000. The van der Waals surface area contributed by atoms with Crippen molar-refractivity contribution in [1.82, 2.24) is 5.32 Å². The van der Waals surface area contributed by atoms with Crippen molar-refractivity contribution in [3.05, 3.63) is 105 Å². The predicted molar refractivity (Wildman–Crippen MR) is 129 cm³/mol. The molecule has 0 saturated carbocycles. The molecule has 0 saturated heterocycles. The molecule has 0 unspecified atom stereocenters. The molecule has 10 nitrogen and oxygen atoms in total. The molecule has 0 aliphatic heterocycles. The summed E-state index contributed by atoms with van der Waals surface area (Å²) < 4.78 is 16.0. The second-order valence-electron chi connectivity index (χ2n) is 7.79. The molecule has 1 amide bonds. The molecule has 0 fully saturated rings. The highest BCUT2D eigenvalue weighted by Crippen LogP contribution is 2.25. The minimum absolute atomic E-state index is 0.0556. The molecule has 1 atom stereocenters. The maximum Gasteiger partial charge on any atom is 0.408 e. The number of carbonyl (C=O) groups is 2. The number of non-ortho nitro benzene ring substituents is 1. The van der Waals surface area contributed by atoms with Crippen LogP contribution in [0.25, 0.3) is 22.1 Å². The number of nitro benzene ring substituents is 1. The van der Waals surface area contributed by atoms with E-state index in [4.69, 9.17) is 13.9 Å². The van der Waals surface area contributed by atoms with Gasteiger partial charge in [0.2, 0.25) is 0 Å². The van der Waals surface area contributed by atoms with Gasteiger partial charge in [-0.05, 0) is 42.3 Å². The highest BCUT2D eigenvalue weighted by molar-refractivity contribution is 5.85. The van der Waals surface area contributed by atoms with Gasteiger partial charge in [-0.25, -0.2) is 9.59 Å². The molecule has 0 bridgehead atoms. The van der Waals surface area contributed by atoms with Gasteiger partial charge in [0.05, 0.1) is 15.9 Å². The smallest absolute Gasteiger partial charge is 0.408 e. The molecule has 36 heavy (non-hydrogen) atoms. The molecule has 182 valence electrons. The lowest BCUT2D eigenvalue weighted by Crippen LogP contribution is -2.41. The largest absolute Gasteiger partial charge is 0.463 e. The van der Waals surface area contributed by atoms with Crippen molar-refractivity contribution in [2.45, 2.75) is 19.6 Å². The van der Waals surface area contributed by atoms with E-state index in [0.717, 1.165) is 5.56 Å². The summed E-state index contributed by atoms with van der Waals surface area (Å²) in [6, 6.07) is 17.9. The Balaban J connectivity index is 1.41. The average Bonchev–Trinajstić information content (AvgIpc) is 2.88. The number of benzene rings is 3. The third kappa shape index (κ3) is 5.55. The van der Waals surface area contributed by atoms with Crippen LogP contribution in [-0.2, 0) is 16.1 Å². The normalized spacial score (nSPS) is 11.5. The fourth-order valence-electron chi connectivity index (χ4n) is 3.34. The second-order valence-corrected chi connectivity index (χ2v) is 7.79. The lowest BCUT2D eigenvalue weighted by atomic mass is 10.1. The van der Waals surface area contributed by atoms with E-state index < -0.39 is 23.0 Å². The zero-order valence-corrected chi connectivity index (χ0v) is 19.0. The van der Waals surface area contributed by atoms with Gasteiger partial charge < -0.3 is 19.2 Å². The first-order valence-electron chi connectivity index (χ1n) is 10.8. The summed E-state index contributed by atoms with van der Waals surface area (Å²) in [5.41, 5.74) is 1.23. The lowest BCUT2D eigenvalue weighted by Gasteiger charge is -2.13. The molecule has 0 aliphatic rings. The van der Waals surface area contributed by atoms with E-state index in [9.17, 15) is 24.5 Å². The van der Waals surface area contributed by atoms with E-state index in [1.54, 1.807) is 12.1 Å². The number of nitrogens with one attached hydrogen (secondary N) is 1. The Morgan fingerprint density at radius 2 is 1.78 bits per heavy atom. The maximum atomic E-state index is 12.9. The minimum Gasteiger partial charge on any atom is -0.463 e. The van der Waals surface area contributed by atoms with Gasteiger partial charge in [0.25, 0.3) is 5.69 Å². The van der Waals surface area contributed by atoms with E-state index in [-0.39, 0.29) is 40.0 Å². The Labute approximate surface area is 204 Å². The molecular weight excluding hydrogens is 468 g/mol. The number of ether oxygens (including phenoxy) is 2. The Hall–Kier alpha value is -4.99. The van der Waals surface area contributed by atoms with Crippen LogP contribution < -0.4 is 15.5 Å². The summed E-state index contributed by atoms with van der Waals surface area (Å²) in [6.45, 7) is 1.50. The molecule has 0 radical (unpaired) electrons. The van der Waals surface area contributed by atoms with E-state index >= 15 is 0 Å². The fraction of sp³-hybridized carbons (Fsp3) is 0.115. The molecule has 4 rings (SSSR count). The summed E-state index contributed by atoms with van der Waals surface area (Å²) in [4.78, 5) is 47.6. The van der Waals surface area contributed by atoms with E-state index in [0.29, 0.717) is 5.56 Å². The van der Waals surface area contributed by atoms with Crippen LogP contribution in [0.3, 0.4) is 0 Å². The van der Waals surface area contributed by atoms with Gasteiger partial charge in [0.1, 0.15) is 30.2 Å². The number of amides is 1. The van der Waals surface area contributed by atoms with Crippen molar-refractivity contribution in [3.63, 3.8) is 0 Å². The van der Waals surface area contributed by atoms with Crippen molar-refractivity contribution >= 4 is 28.7 Å². The SMILES string of the molecule is C[C@@H](NC(=O)OCc1ccccc1)C(=O)Oc1ccc2c(=O)c(-c3ccc([N+](=O)[O-])cc3)coc2c1. The molecule has 10 heteroatoms. The van der Waals surface area contributed by atoms with Gasteiger partial charge in [-0.3, -0.25) is 14.9 Å². The Morgan fingerprint density at radius 1 is 1.06 bits per heavy atom. The Bertz CT molecular complexity index is 1480. The van der Waals surface area contributed by atoms with Crippen LogP contribution >= 0.6 is 0 Å². The van der Waals surface area contributed by atoms with E-state index in [1.165, 1.54) is 55.7 Å². The van der Waals surface area contributed by atoms with Crippen molar-refractivity contribution < 1.29 is 28.4 Å². The maximum absolute atomic E-state index is 12.9. The Kier molecular flexibility index (Phi) is 7.05. The summed E-state index contributed by atoms with van der Waals surface area (Å²) >= 11 is 0. The number of hydrogen-bond donors (Lipinski definition) is 1. The molecule has 1 aromatic heterocycles. The second kappa shape index (κ2) is 10.5. The Morgan fingerprint density at radius 3 is 2.47 bits per heavy atom. The highest BCUT2D eigenvalue weighted by atomic mass is 16.6. The standard InChI is InChI=1S/C26H20N2O8/c1-16(27-26(31)35-14-17-5-3-2-4-6-17)25(30)36-20-11-12-21-23(13-20)34-15-22(24(21)29)18-7-9-19(10-8-18)28(32)33/h2-13,15-16H,14H2,1H3,(H,27,31)/t16-/m1/s1. The molecule has 1 N–H and O–H groups in total. The zero-order chi connectivity index (χ0) is 25.7. The van der Waals surface area contributed by atoms with Crippen LogP contribution in [0.5, 0.6) is 5.75 Å². The van der Waals surface area contributed by atoms with Crippen molar-refractivity contribution in [2.24, 2.45) is 0 Å². The summed E-state index contributed by atoms with van der Waals surface area (Å²) in [5, 5.41) is 13.5. The van der Waals surface area contributed by atoms with Crippen LogP contribution in [0.15, 0.2) is 88.3 Å². The lowest BCUT2D eigenvalue weighted by molar-refractivity contribution is -0.384. The third-order valence-electron chi connectivity index (χ3n) is 5.25. The predicted octanol–water partition coefficient (Wildman–Crippen LogP) is 4.59. The summed E-state index contributed by atoms with van der Waals surface area (Å²) in [5.74, 6) is -0.624. The van der Waals surface area contributed by atoms with Gasteiger partial charge in [-0.1, -0.05) is 30.3 Å². The van der Waals surface area contributed by atoms with Crippen LogP contribution in [0.2, 0.25) is 0 Å². The zero-order valence-electron chi connectivity index (χ0n) is 19.0. The van der Waals surface area contributed by atoms with Crippen molar-refractivity contribution in [1.29, 1.82) is 0 Å². The number of hydrogen-bond acceptors (Lipinski definition) is 8. The van der Waals surface area contributed by atoms with Crippen molar-refractivity contribution in [3.8, 4) is 16.9 Å². The number of nitro groups is 1. The topological polar surface area (TPSA) is 138 Å². The number of carbonyl (C=O) groups excluding carboxylic acids is 2. The first-order valence-corrected chi connectivity index (χ1v) is 10.8. The highest BCUT2D eigenvalue weighted by Gasteiger charge is 2.19. The van der Waals surface area contributed by atoms with Crippen LogP contribution in [0.4, 0.5) is 10.5 Å².